The highest BCUT2D eigenvalue weighted by Crippen LogP contribution is 2.44. The molecular weight excluding hydrogens is 723 g/mol. The average Bonchev–Trinajstić information content (AvgIpc) is 3.64. The van der Waals surface area contributed by atoms with Gasteiger partial charge in [0.1, 0.15) is 0 Å². The fourth-order valence-corrected chi connectivity index (χ4v) is 9.55. The first-order valence-corrected chi connectivity index (χ1v) is 20.7. The van der Waals surface area contributed by atoms with E-state index in [1.807, 2.05) is 6.08 Å². The largest absolute Gasteiger partial charge is 0.309 e. The monoisotopic (exact) mass is 763 g/mol. The quantitative estimate of drug-likeness (QED) is 0.143. The maximum atomic E-state index is 4.23. The minimum absolute atomic E-state index is 1.14. The number of hydrogen-bond acceptors (Lipinski definition) is 0. The number of hydrogen-bond donors (Lipinski definition) is 0. The molecule has 1 heterocycles. The van der Waals surface area contributed by atoms with Crippen LogP contribution in [-0.4, -0.2) is 4.57 Å². The second-order valence-electron chi connectivity index (χ2n) is 15.7. The molecule has 0 fully saturated rings. The van der Waals surface area contributed by atoms with E-state index in [9.17, 15) is 0 Å². The van der Waals surface area contributed by atoms with Gasteiger partial charge in [-0.3, -0.25) is 0 Å². The standard InChI is InChI=1S/C59H41N/c1-3-46-48(25-15-26-49(46)47-19-8-7-16-39(47)2)41-30-28-40(29-31-41)44-34-37-57-55(38-44)50-20-13-14-27-56(50)60(57)45-35-32-43(33-36-45)59-53-23-11-9-21-51(53)58(42-17-5-4-6-18-42)52-22-10-12-24-54(52)59/h3-38H,1H2,2H3. The summed E-state index contributed by atoms with van der Waals surface area (Å²) in [4.78, 5) is 0. The molecule has 1 nitrogen and oxygen atoms in total. The predicted molar refractivity (Wildman–Crippen MR) is 258 cm³/mol. The summed E-state index contributed by atoms with van der Waals surface area (Å²) < 4.78 is 2.41. The second-order valence-corrected chi connectivity index (χ2v) is 15.7. The van der Waals surface area contributed by atoms with Crippen molar-refractivity contribution in [1.29, 1.82) is 0 Å². The Kier molecular flexibility index (Phi) is 8.60. The van der Waals surface area contributed by atoms with E-state index in [0.717, 1.165) is 11.3 Å². The number of benzene rings is 10. The molecule has 0 aliphatic carbocycles. The Labute approximate surface area is 350 Å². The molecule has 0 unspecified atom stereocenters. The Morgan fingerprint density at radius 2 is 0.833 bits per heavy atom. The van der Waals surface area contributed by atoms with Crippen molar-refractivity contribution >= 4 is 49.4 Å². The summed E-state index contributed by atoms with van der Waals surface area (Å²) in [6.45, 7) is 6.40. The number of fused-ring (bicyclic) bond motifs is 5. The van der Waals surface area contributed by atoms with Crippen molar-refractivity contribution in [3.8, 4) is 61.3 Å². The highest BCUT2D eigenvalue weighted by molar-refractivity contribution is 6.21. The molecule has 0 radical (unpaired) electrons. The lowest BCUT2D eigenvalue weighted by molar-refractivity contribution is 1.18. The minimum atomic E-state index is 1.14. The van der Waals surface area contributed by atoms with Crippen LogP contribution in [0.15, 0.2) is 219 Å². The molecule has 282 valence electrons. The lowest BCUT2D eigenvalue weighted by atomic mass is 9.86. The molecule has 11 rings (SSSR count). The van der Waals surface area contributed by atoms with Gasteiger partial charge < -0.3 is 4.57 Å². The molecule has 0 spiro atoms. The fourth-order valence-electron chi connectivity index (χ4n) is 9.55. The lowest BCUT2D eigenvalue weighted by Crippen LogP contribution is -1.94. The van der Waals surface area contributed by atoms with E-state index in [2.05, 4.69) is 230 Å². The number of rotatable bonds is 7. The Hall–Kier alpha value is -7.74. The van der Waals surface area contributed by atoms with Crippen molar-refractivity contribution in [2.24, 2.45) is 0 Å². The first kappa shape index (κ1) is 35.4. The van der Waals surface area contributed by atoms with Crippen LogP contribution >= 0.6 is 0 Å². The molecule has 1 heteroatoms. The summed E-state index contributed by atoms with van der Waals surface area (Å²) in [5.41, 5.74) is 18.1. The van der Waals surface area contributed by atoms with Crippen molar-refractivity contribution in [1.82, 2.24) is 4.57 Å². The first-order chi connectivity index (χ1) is 29.7. The van der Waals surface area contributed by atoms with Gasteiger partial charge in [0, 0.05) is 16.5 Å². The van der Waals surface area contributed by atoms with E-state index >= 15 is 0 Å². The van der Waals surface area contributed by atoms with Crippen LogP contribution in [0.2, 0.25) is 0 Å². The van der Waals surface area contributed by atoms with Crippen LogP contribution in [0.4, 0.5) is 0 Å². The van der Waals surface area contributed by atoms with Crippen LogP contribution in [0.25, 0.3) is 111 Å². The third-order valence-corrected chi connectivity index (χ3v) is 12.4. The molecule has 0 aliphatic heterocycles. The van der Waals surface area contributed by atoms with Gasteiger partial charge in [-0.15, -0.1) is 0 Å². The van der Waals surface area contributed by atoms with Crippen LogP contribution in [0, 0.1) is 6.92 Å². The van der Waals surface area contributed by atoms with Gasteiger partial charge in [0.15, 0.2) is 0 Å². The lowest BCUT2D eigenvalue weighted by Gasteiger charge is -2.18. The van der Waals surface area contributed by atoms with E-state index in [1.54, 1.807) is 0 Å². The molecule has 0 aliphatic rings. The van der Waals surface area contributed by atoms with Crippen LogP contribution < -0.4 is 0 Å². The van der Waals surface area contributed by atoms with Crippen LogP contribution in [-0.2, 0) is 0 Å². The van der Waals surface area contributed by atoms with Gasteiger partial charge in [0.05, 0.1) is 11.0 Å². The molecular formula is C59H41N. The fraction of sp³-hybridized carbons (Fsp3) is 0.0169. The highest BCUT2D eigenvalue weighted by Gasteiger charge is 2.18. The zero-order chi connectivity index (χ0) is 40.2. The van der Waals surface area contributed by atoms with Crippen molar-refractivity contribution < 1.29 is 0 Å². The average molecular weight is 764 g/mol. The summed E-state index contributed by atoms with van der Waals surface area (Å²) in [6.07, 6.45) is 2.00. The van der Waals surface area contributed by atoms with Crippen molar-refractivity contribution in [3.05, 3.63) is 230 Å². The van der Waals surface area contributed by atoms with Gasteiger partial charge in [-0.2, -0.15) is 0 Å². The Morgan fingerprint density at radius 3 is 1.48 bits per heavy atom. The number of aryl methyl sites for hydroxylation is 1. The Morgan fingerprint density at radius 1 is 0.350 bits per heavy atom. The van der Waals surface area contributed by atoms with E-state index in [0.29, 0.717) is 0 Å². The van der Waals surface area contributed by atoms with E-state index in [1.165, 1.54) is 105 Å². The van der Waals surface area contributed by atoms with E-state index in [4.69, 9.17) is 0 Å². The molecule has 0 atom stereocenters. The summed E-state index contributed by atoms with van der Waals surface area (Å²) in [5, 5.41) is 7.54. The molecule has 0 bridgehead atoms. The van der Waals surface area contributed by atoms with Gasteiger partial charge in [0.25, 0.3) is 0 Å². The summed E-state index contributed by atoms with van der Waals surface area (Å²) in [7, 11) is 0. The van der Waals surface area contributed by atoms with E-state index in [-0.39, 0.29) is 0 Å². The number of para-hydroxylation sites is 1. The zero-order valence-corrected chi connectivity index (χ0v) is 33.4. The number of aromatic nitrogens is 1. The SMILES string of the molecule is C=Cc1c(-c2ccc(-c3ccc4c(c3)c3ccccc3n4-c3ccc(-c4c5ccccc5c(-c5ccccc5)c5ccccc45)cc3)cc2)cccc1-c1ccccc1C. The topological polar surface area (TPSA) is 4.93 Å². The van der Waals surface area contributed by atoms with Gasteiger partial charge in [-0.1, -0.05) is 195 Å². The summed E-state index contributed by atoms with van der Waals surface area (Å²) in [5.74, 6) is 0. The predicted octanol–water partition coefficient (Wildman–Crippen LogP) is 16.4. The molecule has 0 saturated carbocycles. The second kappa shape index (κ2) is 14.6. The summed E-state index contributed by atoms with van der Waals surface area (Å²) in [6, 6.07) is 77.5. The zero-order valence-electron chi connectivity index (χ0n) is 33.4. The molecule has 0 N–H and O–H groups in total. The molecule has 10 aromatic carbocycles. The molecule has 0 saturated heterocycles. The molecule has 60 heavy (non-hydrogen) atoms. The van der Waals surface area contributed by atoms with Gasteiger partial charge in [0.2, 0.25) is 0 Å². The van der Waals surface area contributed by atoms with Crippen LogP contribution in [0.1, 0.15) is 11.1 Å². The smallest absolute Gasteiger partial charge is 0.0541 e. The van der Waals surface area contributed by atoms with Crippen LogP contribution in [0.5, 0.6) is 0 Å². The van der Waals surface area contributed by atoms with Gasteiger partial charge >= 0.3 is 0 Å². The maximum Gasteiger partial charge on any atom is 0.0541 e. The van der Waals surface area contributed by atoms with Crippen molar-refractivity contribution in [2.45, 2.75) is 6.92 Å². The first-order valence-electron chi connectivity index (χ1n) is 20.7. The minimum Gasteiger partial charge on any atom is -0.309 e. The Bertz CT molecular complexity index is 3360. The summed E-state index contributed by atoms with van der Waals surface area (Å²) >= 11 is 0. The van der Waals surface area contributed by atoms with Gasteiger partial charge in [-0.05, 0) is 126 Å². The van der Waals surface area contributed by atoms with Crippen molar-refractivity contribution in [3.63, 3.8) is 0 Å². The molecule has 0 amide bonds. The Balaban J connectivity index is 0.982. The van der Waals surface area contributed by atoms with Crippen LogP contribution in [0.3, 0.4) is 0 Å². The highest BCUT2D eigenvalue weighted by atomic mass is 15.0. The third-order valence-electron chi connectivity index (χ3n) is 12.4. The maximum absolute atomic E-state index is 4.23. The number of nitrogens with zero attached hydrogens (tertiary/aromatic N) is 1. The van der Waals surface area contributed by atoms with Gasteiger partial charge in [-0.25, -0.2) is 0 Å². The normalized spacial score (nSPS) is 11.5. The molecule has 11 aromatic rings. The van der Waals surface area contributed by atoms with E-state index < -0.39 is 0 Å². The van der Waals surface area contributed by atoms with Crippen molar-refractivity contribution in [2.75, 3.05) is 0 Å². The molecule has 1 aromatic heterocycles. The third kappa shape index (κ3) is 5.78.